The van der Waals surface area contributed by atoms with Gasteiger partial charge >= 0.3 is 17.9 Å². The van der Waals surface area contributed by atoms with Gasteiger partial charge in [0, 0.05) is 24.2 Å². The molecule has 1 aromatic heterocycles. The van der Waals surface area contributed by atoms with Crippen LogP contribution in [0.2, 0.25) is 0 Å². The summed E-state index contributed by atoms with van der Waals surface area (Å²) >= 11 is 0. The zero-order chi connectivity index (χ0) is 25.8. The Hall–Kier alpha value is -3.52. The molecule has 1 saturated heterocycles. The lowest BCUT2D eigenvalue weighted by Gasteiger charge is -2.15. The van der Waals surface area contributed by atoms with Crippen molar-refractivity contribution in [1.29, 1.82) is 0 Å². The molecule has 2 N–H and O–H groups in total. The van der Waals surface area contributed by atoms with E-state index in [-0.39, 0.29) is 12.1 Å². The maximum atomic E-state index is 11.9. The predicted octanol–water partition coefficient (Wildman–Crippen LogP) is 3.96. The summed E-state index contributed by atoms with van der Waals surface area (Å²) in [6.07, 6.45) is 5.73. The first-order chi connectivity index (χ1) is 16.7. The van der Waals surface area contributed by atoms with E-state index < -0.39 is 11.9 Å². The van der Waals surface area contributed by atoms with E-state index in [1.165, 1.54) is 37.1 Å². The zero-order valence-corrected chi connectivity index (χ0v) is 20.6. The van der Waals surface area contributed by atoms with Crippen LogP contribution >= 0.6 is 0 Å². The normalized spacial score (nSPS) is 13.8. The first-order valence-corrected chi connectivity index (χ1v) is 11.8. The van der Waals surface area contributed by atoms with Gasteiger partial charge in [0.1, 0.15) is 0 Å². The van der Waals surface area contributed by atoms with Crippen LogP contribution in [0.15, 0.2) is 48.5 Å². The molecule has 1 aliphatic heterocycles. The maximum Gasteiger partial charge on any atom is 0.414 e. The van der Waals surface area contributed by atoms with Crippen molar-refractivity contribution >= 4 is 23.5 Å². The molecule has 1 aliphatic rings. The first kappa shape index (κ1) is 27.7. The Bertz CT molecular complexity index is 1010. The number of carbonyl (C=O) groups excluding carboxylic acids is 1. The fraction of sp³-hybridized carbons (Fsp3) is 0.407. The largest absolute Gasteiger partial charge is 0.473 e. The van der Waals surface area contributed by atoms with Gasteiger partial charge in [-0.15, -0.1) is 0 Å². The van der Waals surface area contributed by atoms with E-state index in [1.54, 1.807) is 0 Å². The fourth-order valence-corrected chi connectivity index (χ4v) is 3.61. The van der Waals surface area contributed by atoms with Crippen LogP contribution in [0, 0.1) is 6.92 Å². The second kappa shape index (κ2) is 14.0. The van der Waals surface area contributed by atoms with Crippen LogP contribution in [-0.2, 0) is 25.5 Å². The molecule has 0 bridgehead atoms. The van der Waals surface area contributed by atoms with Crippen molar-refractivity contribution in [3.63, 3.8) is 0 Å². The highest BCUT2D eigenvalue weighted by atomic mass is 16.5. The number of ether oxygens (including phenoxy) is 1. The monoisotopic (exact) mass is 482 g/mol. The summed E-state index contributed by atoms with van der Waals surface area (Å²) in [5.74, 6) is -3.82. The molecule has 2 heterocycles. The topological polar surface area (TPSA) is 117 Å². The van der Waals surface area contributed by atoms with Crippen molar-refractivity contribution < 1.29 is 29.3 Å². The molecule has 0 amide bonds. The van der Waals surface area contributed by atoms with Crippen LogP contribution in [0.3, 0.4) is 0 Å². The molecule has 1 fully saturated rings. The molecule has 8 nitrogen and oxygen atoms in total. The maximum absolute atomic E-state index is 11.9. The molecule has 0 atom stereocenters. The van der Waals surface area contributed by atoms with E-state index in [4.69, 9.17) is 29.5 Å². The Morgan fingerprint density at radius 1 is 1.03 bits per heavy atom. The van der Waals surface area contributed by atoms with Crippen LogP contribution in [-0.4, -0.2) is 63.7 Å². The van der Waals surface area contributed by atoms with Gasteiger partial charge < -0.3 is 14.9 Å². The minimum Gasteiger partial charge on any atom is -0.473 e. The number of carbonyl (C=O) groups is 3. The minimum absolute atomic E-state index is 0.0801. The van der Waals surface area contributed by atoms with E-state index in [0.29, 0.717) is 12.8 Å². The highest BCUT2D eigenvalue weighted by Gasteiger charge is 2.13. The summed E-state index contributed by atoms with van der Waals surface area (Å²) in [5.41, 5.74) is 5.46. The number of benzene rings is 1. The Morgan fingerprint density at radius 2 is 1.66 bits per heavy atom. The van der Waals surface area contributed by atoms with Crippen molar-refractivity contribution in [3.05, 3.63) is 71.1 Å². The molecule has 0 radical (unpaired) electrons. The molecule has 1 aromatic carbocycles. The van der Waals surface area contributed by atoms with Crippen molar-refractivity contribution in [2.45, 2.75) is 52.6 Å². The van der Waals surface area contributed by atoms with Gasteiger partial charge in [-0.1, -0.05) is 42.0 Å². The SMILES string of the molecule is Cc1ccc(/C(=C\CN2CCCC2)c2cccc(CCC(=O)OC(C)C)n2)cc1.O=C(O)C(=O)O. The van der Waals surface area contributed by atoms with Crippen molar-refractivity contribution in [3.8, 4) is 0 Å². The number of aryl methyl sites for hydroxylation is 2. The molecule has 3 rings (SSSR count). The second-order valence-electron chi connectivity index (χ2n) is 8.65. The average molecular weight is 483 g/mol. The molecule has 2 aromatic rings. The quantitative estimate of drug-likeness (QED) is 0.429. The average Bonchev–Trinajstić information content (AvgIpc) is 3.33. The highest BCUT2D eigenvalue weighted by Crippen LogP contribution is 2.23. The van der Waals surface area contributed by atoms with Crippen molar-refractivity contribution in [2.24, 2.45) is 0 Å². The molecular formula is C27H34N2O6. The standard InChI is InChI=1S/C25H32N2O2.C2H2O4/c1-19(2)29-25(28)14-13-22-7-6-8-24(26-22)23(15-18-27-16-4-5-17-27)21-11-9-20(3)10-12-21;3-1(4)2(5)6/h6-12,15,19H,4-5,13-14,16-18H2,1-3H3;(H,3,4)(H,5,6)/b23-15+;. The first-order valence-electron chi connectivity index (χ1n) is 11.8. The molecule has 0 spiro atoms. The van der Waals surface area contributed by atoms with E-state index in [1.807, 2.05) is 26.0 Å². The number of carboxylic acid groups (broad SMARTS) is 2. The number of rotatable bonds is 8. The smallest absolute Gasteiger partial charge is 0.414 e. The minimum atomic E-state index is -1.82. The summed E-state index contributed by atoms with van der Waals surface area (Å²) in [5, 5.41) is 14.8. The summed E-state index contributed by atoms with van der Waals surface area (Å²) in [7, 11) is 0. The van der Waals surface area contributed by atoms with E-state index >= 15 is 0 Å². The summed E-state index contributed by atoms with van der Waals surface area (Å²) < 4.78 is 5.24. The van der Waals surface area contributed by atoms with E-state index in [0.717, 1.165) is 23.5 Å². The number of aromatic nitrogens is 1. The van der Waals surface area contributed by atoms with E-state index in [2.05, 4.69) is 48.2 Å². The van der Waals surface area contributed by atoms with Gasteiger partial charge in [-0.25, -0.2) is 9.59 Å². The van der Waals surface area contributed by atoms with Gasteiger partial charge in [-0.2, -0.15) is 0 Å². The highest BCUT2D eigenvalue weighted by molar-refractivity contribution is 6.27. The third-order valence-electron chi connectivity index (χ3n) is 5.33. The lowest BCUT2D eigenvalue weighted by molar-refractivity contribution is -0.159. The van der Waals surface area contributed by atoms with Crippen LogP contribution in [0.4, 0.5) is 0 Å². The third kappa shape index (κ3) is 10.1. The fourth-order valence-electron chi connectivity index (χ4n) is 3.61. The van der Waals surface area contributed by atoms with Crippen molar-refractivity contribution in [1.82, 2.24) is 9.88 Å². The second-order valence-corrected chi connectivity index (χ2v) is 8.65. The Labute approximate surface area is 206 Å². The Balaban J connectivity index is 0.000000641. The van der Waals surface area contributed by atoms with E-state index in [9.17, 15) is 4.79 Å². The Kier molecular flexibility index (Phi) is 11.1. The lowest BCUT2D eigenvalue weighted by Crippen LogP contribution is -2.19. The number of aliphatic carboxylic acids is 2. The third-order valence-corrected chi connectivity index (χ3v) is 5.33. The summed E-state index contributed by atoms with van der Waals surface area (Å²) in [4.78, 5) is 37.4. The molecule has 188 valence electrons. The molecule has 0 saturated carbocycles. The van der Waals surface area contributed by atoms with Crippen LogP contribution in [0.1, 0.15) is 55.6 Å². The van der Waals surface area contributed by atoms with Crippen LogP contribution in [0.5, 0.6) is 0 Å². The Morgan fingerprint density at radius 3 is 2.23 bits per heavy atom. The lowest BCUT2D eigenvalue weighted by atomic mass is 10.00. The molecule has 35 heavy (non-hydrogen) atoms. The summed E-state index contributed by atoms with van der Waals surface area (Å²) in [6, 6.07) is 14.7. The number of carboxylic acids is 2. The van der Waals surface area contributed by atoms with Gasteiger partial charge in [0.15, 0.2) is 0 Å². The number of esters is 1. The van der Waals surface area contributed by atoms with Gasteiger partial charge in [-0.3, -0.25) is 14.7 Å². The van der Waals surface area contributed by atoms with Crippen LogP contribution < -0.4 is 0 Å². The number of hydrogen-bond donors (Lipinski definition) is 2. The molecule has 8 heteroatoms. The predicted molar refractivity (Wildman–Crippen MR) is 133 cm³/mol. The number of pyridine rings is 1. The van der Waals surface area contributed by atoms with Gasteiger partial charge in [0.05, 0.1) is 18.2 Å². The number of hydrogen-bond acceptors (Lipinski definition) is 6. The molecular weight excluding hydrogens is 448 g/mol. The number of likely N-dealkylation sites (tertiary alicyclic amines) is 1. The summed E-state index contributed by atoms with van der Waals surface area (Å²) in [6.45, 7) is 9.13. The van der Waals surface area contributed by atoms with Crippen molar-refractivity contribution in [2.75, 3.05) is 19.6 Å². The molecule has 0 aliphatic carbocycles. The van der Waals surface area contributed by atoms with Gasteiger partial charge in [0.2, 0.25) is 0 Å². The van der Waals surface area contributed by atoms with Gasteiger partial charge in [0.25, 0.3) is 0 Å². The number of nitrogens with zero attached hydrogens (tertiary/aromatic N) is 2. The van der Waals surface area contributed by atoms with Gasteiger partial charge in [-0.05, 0) is 64.4 Å². The zero-order valence-electron chi connectivity index (χ0n) is 20.6. The van der Waals surface area contributed by atoms with Crippen LogP contribution in [0.25, 0.3) is 5.57 Å². The molecule has 0 unspecified atom stereocenters.